The molecule has 0 saturated carbocycles. The van der Waals surface area contributed by atoms with Crippen molar-refractivity contribution in [2.75, 3.05) is 26.3 Å². The van der Waals surface area contributed by atoms with Crippen LogP contribution in [0.5, 0.6) is 0 Å². The molecule has 3 aliphatic heterocycles. The number of carbonyl (C=O) groups excluding carboxylic acids is 3. The van der Waals surface area contributed by atoms with E-state index in [1.54, 1.807) is 34.6 Å². The smallest absolute Gasteiger partial charge is 0.310 e. The normalized spacial score (nSPS) is 32.7. The van der Waals surface area contributed by atoms with Gasteiger partial charge in [-0.05, 0) is 25.7 Å². The summed E-state index contributed by atoms with van der Waals surface area (Å²) >= 11 is 5.36. The standard InChI is InChI=1S/C25H39BrN2O5S/c1-6-9-10-12-27(11-7-2)23(31)21-25-13-16(26)20(34-25)18(24(32)33-8-3)19(25)22(30)28(21)17(14-29)15(4)5/h7,15-21,29H,2,6,8-14H2,1,3-5H3/t16?,17-,18+,19-,20+,21?,25?/m0/s1. The third-order valence-corrected chi connectivity index (χ3v) is 10.7. The molecule has 3 saturated heterocycles. The van der Waals surface area contributed by atoms with Gasteiger partial charge in [0.1, 0.15) is 6.04 Å². The second-order valence-corrected chi connectivity index (χ2v) is 12.7. The zero-order valence-electron chi connectivity index (χ0n) is 20.7. The molecule has 3 aliphatic rings. The summed E-state index contributed by atoms with van der Waals surface area (Å²) in [6.45, 7) is 12.6. The number of hydrogen-bond acceptors (Lipinski definition) is 6. The van der Waals surface area contributed by atoms with Crippen molar-refractivity contribution in [1.29, 1.82) is 0 Å². The van der Waals surface area contributed by atoms with Gasteiger partial charge in [0.2, 0.25) is 11.8 Å². The van der Waals surface area contributed by atoms with Gasteiger partial charge in [-0.2, -0.15) is 0 Å². The van der Waals surface area contributed by atoms with Crippen LogP contribution in [0.3, 0.4) is 0 Å². The van der Waals surface area contributed by atoms with Gasteiger partial charge in [-0.1, -0.05) is 55.6 Å². The molecule has 9 heteroatoms. The Morgan fingerprint density at radius 2 is 2.09 bits per heavy atom. The number of nitrogens with zero attached hydrogens (tertiary/aromatic N) is 2. The molecule has 192 valence electrons. The number of carbonyl (C=O) groups is 3. The zero-order chi connectivity index (χ0) is 25.2. The molecule has 3 heterocycles. The highest BCUT2D eigenvalue weighted by Gasteiger charge is 2.76. The number of aliphatic hydroxyl groups excluding tert-OH is 1. The minimum absolute atomic E-state index is 0.00535. The van der Waals surface area contributed by atoms with Crippen molar-refractivity contribution in [2.24, 2.45) is 17.8 Å². The van der Waals surface area contributed by atoms with Crippen molar-refractivity contribution in [1.82, 2.24) is 9.80 Å². The lowest BCUT2D eigenvalue weighted by Crippen LogP contribution is -2.58. The fraction of sp³-hybridized carbons (Fsp3) is 0.800. The predicted octanol–water partition coefficient (Wildman–Crippen LogP) is 3.24. The van der Waals surface area contributed by atoms with Crippen molar-refractivity contribution < 1.29 is 24.2 Å². The first kappa shape index (κ1) is 27.5. The lowest BCUT2D eigenvalue weighted by Gasteiger charge is -2.41. The Labute approximate surface area is 216 Å². The number of unbranched alkanes of at least 4 members (excludes halogenated alkanes) is 2. The quantitative estimate of drug-likeness (QED) is 0.171. The van der Waals surface area contributed by atoms with Gasteiger partial charge in [0.05, 0.1) is 35.8 Å². The SMILES string of the molecule is C=CCN(CCCCC)C(=O)C1N([C@@H](CO)C(C)C)C(=O)[C@@H]2[C@@H](C(=O)OCC)[C@@H]3SC12CC3Br. The molecule has 0 aromatic rings. The second-order valence-electron chi connectivity index (χ2n) is 9.94. The van der Waals surface area contributed by atoms with Gasteiger partial charge >= 0.3 is 5.97 Å². The summed E-state index contributed by atoms with van der Waals surface area (Å²) < 4.78 is 4.67. The molecular weight excluding hydrogens is 520 g/mol. The molecule has 3 unspecified atom stereocenters. The molecule has 7 atom stereocenters. The maximum Gasteiger partial charge on any atom is 0.310 e. The van der Waals surface area contributed by atoms with Gasteiger partial charge in [-0.3, -0.25) is 14.4 Å². The molecule has 0 aromatic carbocycles. The minimum Gasteiger partial charge on any atom is -0.466 e. The number of hydrogen-bond donors (Lipinski definition) is 1. The summed E-state index contributed by atoms with van der Waals surface area (Å²) in [4.78, 5) is 44.8. The van der Waals surface area contributed by atoms with E-state index in [1.165, 1.54) is 0 Å². The van der Waals surface area contributed by atoms with Gasteiger partial charge in [0.25, 0.3) is 0 Å². The van der Waals surface area contributed by atoms with Crippen LogP contribution in [0.4, 0.5) is 0 Å². The van der Waals surface area contributed by atoms with Crippen molar-refractivity contribution in [3.8, 4) is 0 Å². The average Bonchev–Trinajstić information content (AvgIpc) is 3.37. The van der Waals surface area contributed by atoms with E-state index in [0.29, 0.717) is 19.5 Å². The topological polar surface area (TPSA) is 87.2 Å². The summed E-state index contributed by atoms with van der Waals surface area (Å²) in [6, 6.07) is -1.24. The number of thioether (sulfide) groups is 1. The molecule has 0 aliphatic carbocycles. The minimum atomic E-state index is -0.736. The van der Waals surface area contributed by atoms with Gasteiger partial charge in [-0.25, -0.2) is 0 Å². The number of aliphatic hydroxyl groups is 1. The third-order valence-electron chi connectivity index (χ3n) is 7.53. The second kappa shape index (κ2) is 11.3. The Morgan fingerprint density at radius 1 is 1.38 bits per heavy atom. The van der Waals surface area contributed by atoms with Crippen LogP contribution in [0.25, 0.3) is 0 Å². The number of ether oxygens (including phenoxy) is 1. The molecule has 1 spiro atoms. The first-order valence-electron chi connectivity index (χ1n) is 12.5. The lowest BCUT2D eigenvalue weighted by molar-refractivity contribution is -0.154. The van der Waals surface area contributed by atoms with Crippen LogP contribution in [0.1, 0.15) is 53.4 Å². The summed E-state index contributed by atoms with van der Waals surface area (Å²) in [6.07, 6.45) is 5.27. The Morgan fingerprint density at radius 3 is 2.65 bits per heavy atom. The van der Waals surface area contributed by atoms with E-state index in [1.807, 2.05) is 13.8 Å². The van der Waals surface area contributed by atoms with Gasteiger partial charge in [0, 0.05) is 23.2 Å². The van der Waals surface area contributed by atoms with E-state index in [4.69, 9.17) is 4.74 Å². The Hall–Kier alpha value is -1.06. The molecule has 7 nitrogen and oxygen atoms in total. The Balaban J connectivity index is 2.08. The van der Waals surface area contributed by atoms with E-state index < -0.39 is 28.7 Å². The van der Waals surface area contributed by atoms with Crippen molar-refractivity contribution >= 4 is 45.5 Å². The molecule has 2 bridgehead atoms. The van der Waals surface area contributed by atoms with Gasteiger partial charge in [-0.15, -0.1) is 18.3 Å². The van der Waals surface area contributed by atoms with Crippen LogP contribution in [0.2, 0.25) is 0 Å². The van der Waals surface area contributed by atoms with E-state index in [9.17, 15) is 19.5 Å². The molecule has 34 heavy (non-hydrogen) atoms. The lowest BCUT2D eigenvalue weighted by atomic mass is 9.71. The summed E-state index contributed by atoms with van der Waals surface area (Å²) in [5, 5.41) is 10.2. The van der Waals surface area contributed by atoms with Crippen LogP contribution >= 0.6 is 27.7 Å². The van der Waals surface area contributed by atoms with Crippen LogP contribution < -0.4 is 0 Å². The highest BCUT2D eigenvalue weighted by Crippen LogP contribution is 2.68. The average molecular weight is 560 g/mol. The van der Waals surface area contributed by atoms with Crippen LogP contribution in [-0.2, 0) is 19.1 Å². The van der Waals surface area contributed by atoms with E-state index in [0.717, 1.165) is 19.3 Å². The highest BCUT2D eigenvalue weighted by molar-refractivity contribution is 9.09. The van der Waals surface area contributed by atoms with Crippen LogP contribution in [-0.4, -0.2) is 85.9 Å². The Kier molecular flexibility index (Phi) is 9.18. The molecule has 3 fully saturated rings. The van der Waals surface area contributed by atoms with Crippen molar-refractivity contribution in [3.63, 3.8) is 0 Å². The molecule has 0 aromatic heterocycles. The zero-order valence-corrected chi connectivity index (χ0v) is 23.1. The molecular formula is C25H39BrN2O5S. The summed E-state index contributed by atoms with van der Waals surface area (Å²) in [5.74, 6) is -1.95. The number of amides is 2. The van der Waals surface area contributed by atoms with Crippen LogP contribution in [0.15, 0.2) is 12.7 Å². The van der Waals surface area contributed by atoms with Gasteiger partial charge in [0.15, 0.2) is 0 Å². The predicted molar refractivity (Wildman–Crippen MR) is 138 cm³/mol. The van der Waals surface area contributed by atoms with Crippen LogP contribution in [0, 0.1) is 17.8 Å². The fourth-order valence-corrected chi connectivity index (χ4v) is 9.59. The largest absolute Gasteiger partial charge is 0.466 e. The van der Waals surface area contributed by atoms with Gasteiger partial charge < -0.3 is 19.6 Å². The van der Waals surface area contributed by atoms with E-state index >= 15 is 0 Å². The molecule has 1 N–H and O–H groups in total. The van der Waals surface area contributed by atoms with Crippen molar-refractivity contribution in [3.05, 3.63) is 12.7 Å². The number of alkyl halides is 1. The molecule has 0 radical (unpaired) electrons. The van der Waals surface area contributed by atoms with E-state index in [-0.39, 0.29) is 47.0 Å². The molecule has 3 rings (SSSR count). The maximum atomic E-state index is 14.2. The summed E-state index contributed by atoms with van der Waals surface area (Å²) in [5.41, 5.74) is 0. The number of esters is 1. The third kappa shape index (κ3) is 4.57. The maximum absolute atomic E-state index is 14.2. The fourth-order valence-electron chi connectivity index (χ4n) is 6.00. The number of rotatable bonds is 12. The number of fused-ring (bicyclic) bond motifs is 1. The summed E-state index contributed by atoms with van der Waals surface area (Å²) in [7, 11) is 0. The first-order chi connectivity index (χ1) is 16.2. The van der Waals surface area contributed by atoms with Crippen molar-refractivity contribution in [2.45, 2.75) is 80.3 Å². The first-order valence-corrected chi connectivity index (χ1v) is 14.3. The Bertz CT molecular complexity index is 795. The monoisotopic (exact) mass is 558 g/mol. The number of likely N-dealkylation sites (tertiary alicyclic amines) is 1. The van der Waals surface area contributed by atoms with E-state index in [2.05, 4.69) is 29.4 Å². The number of halogens is 1. The highest BCUT2D eigenvalue weighted by atomic mass is 79.9. The molecule has 2 amide bonds.